The van der Waals surface area contributed by atoms with Gasteiger partial charge in [-0.1, -0.05) is 12.8 Å². The minimum atomic E-state index is 0.0457. The summed E-state index contributed by atoms with van der Waals surface area (Å²) in [6.07, 6.45) is 5.01. The van der Waals surface area contributed by atoms with E-state index in [4.69, 9.17) is 0 Å². The number of carbonyl (C=O) groups is 1. The Labute approximate surface area is 94.6 Å². The Balaban J connectivity index is 2.37. The zero-order valence-electron chi connectivity index (χ0n) is 8.62. The van der Waals surface area contributed by atoms with Crippen LogP contribution in [0, 0.1) is 0 Å². The molecule has 0 aromatic rings. The highest BCUT2D eigenvalue weighted by Crippen LogP contribution is 2.16. The van der Waals surface area contributed by atoms with Crippen LogP contribution in [0.1, 0.15) is 32.6 Å². The first kappa shape index (κ1) is 12.0. The van der Waals surface area contributed by atoms with Gasteiger partial charge in [-0.05, 0) is 43.7 Å². The van der Waals surface area contributed by atoms with Gasteiger partial charge in [0.2, 0.25) is 0 Å². The Hall–Kier alpha value is -0.0300. The van der Waals surface area contributed by atoms with Crippen molar-refractivity contribution in [2.75, 3.05) is 18.1 Å². The lowest BCUT2D eigenvalue weighted by Crippen LogP contribution is -2.31. The summed E-state index contributed by atoms with van der Waals surface area (Å²) in [5.74, 6) is 2.10. The number of carbonyl (C=O) groups excluding carboxylic acids is 1. The average molecular weight is 234 g/mol. The predicted molar refractivity (Wildman–Crippen MR) is 64.3 cm³/mol. The minimum Gasteiger partial charge on any atom is -0.281 e. The molecule has 0 aromatic carbocycles. The van der Waals surface area contributed by atoms with Gasteiger partial charge in [-0.15, -0.1) is 0 Å². The molecule has 1 heterocycles. The SMILES string of the molecule is CCN1SCCCCCCSNC1=O. The molecule has 82 valence electrons. The average Bonchev–Trinajstić information content (AvgIpc) is 2.24. The van der Waals surface area contributed by atoms with Gasteiger partial charge in [-0.2, -0.15) is 0 Å². The maximum atomic E-state index is 11.5. The minimum absolute atomic E-state index is 0.0457. The number of nitrogens with zero attached hydrogens (tertiary/aromatic N) is 1. The molecule has 2 amide bonds. The first-order valence-electron chi connectivity index (χ1n) is 5.17. The number of urea groups is 1. The van der Waals surface area contributed by atoms with Crippen LogP contribution >= 0.6 is 23.9 Å². The van der Waals surface area contributed by atoms with E-state index in [1.165, 1.54) is 37.6 Å². The van der Waals surface area contributed by atoms with Gasteiger partial charge in [0.25, 0.3) is 0 Å². The molecule has 0 bridgehead atoms. The van der Waals surface area contributed by atoms with E-state index < -0.39 is 0 Å². The molecule has 1 saturated heterocycles. The molecular formula is C9H18N2OS2. The van der Waals surface area contributed by atoms with Crippen molar-refractivity contribution in [2.45, 2.75) is 32.6 Å². The van der Waals surface area contributed by atoms with Gasteiger partial charge in [0.05, 0.1) is 0 Å². The lowest BCUT2D eigenvalue weighted by molar-refractivity contribution is 0.233. The Bertz CT molecular complexity index is 178. The largest absolute Gasteiger partial charge is 0.337 e. The summed E-state index contributed by atoms with van der Waals surface area (Å²) in [7, 11) is 0. The van der Waals surface area contributed by atoms with Crippen molar-refractivity contribution < 1.29 is 4.79 Å². The lowest BCUT2D eigenvalue weighted by Gasteiger charge is -2.18. The van der Waals surface area contributed by atoms with Crippen LogP contribution in [-0.2, 0) is 0 Å². The molecule has 0 atom stereocenters. The number of nitrogens with one attached hydrogen (secondary N) is 1. The van der Waals surface area contributed by atoms with Gasteiger partial charge in [-0.3, -0.25) is 9.03 Å². The third kappa shape index (κ3) is 4.46. The zero-order chi connectivity index (χ0) is 10.2. The Morgan fingerprint density at radius 1 is 1.29 bits per heavy atom. The quantitative estimate of drug-likeness (QED) is 0.708. The third-order valence-electron chi connectivity index (χ3n) is 2.06. The van der Waals surface area contributed by atoms with Crippen LogP contribution < -0.4 is 4.72 Å². The van der Waals surface area contributed by atoms with Crippen molar-refractivity contribution in [3.05, 3.63) is 0 Å². The first-order chi connectivity index (χ1) is 6.84. The van der Waals surface area contributed by atoms with Crippen molar-refractivity contribution in [3.63, 3.8) is 0 Å². The Morgan fingerprint density at radius 3 is 2.71 bits per heavy atom. The summed E-state index contributed by atoms with van der Waals surface area (Å²) in [6.45, 7) is 2.79. The molecule has 0 aliphatic carbocycles. The fraction of sp³-hybridized carbons (Fsp3) is 0.889. The topological polar surface area (TPSA) is 32.3 Å². The summed E-state index contributed by atoms with van der Waals surface area (Å²) in [5.41, 5.74) is 0. The molecule has 0 radical (unpaired) electrons. The molecule has 14 heavy (non-hydrogen) atoms. The molecule has 0 aromatic heterocycles. The molecule has 1 fully saturated rings. The van der Waals surface area contributed by atoms with Crippen molar-refractivity contribution in [3.8, 4) is 0 Å². The summed E-state index contributed by atoms with van der Waals surface area (Å²) in [6, 6.07) is 0.0457. The van der Waals surface area contributed by atoms with Crippen molar-refractivity contribution in [1.82, 2.24) is 9.03 Å². The normalized spacial score (nSPS) is 21.2. The maximum absolute atomic E-state index is 11.5. The fourth-order valence-electron chi connectivity index (χ4n) is 1.26. The highest BCUT2D eigenvalue weighted by molar-refractivity contribution is 7.98. The van der Waals surface area contributed by atoms with Crippen LogP contribution in [0.25, 0.3) is 0 Å². The summed E-state index contributed by atoms with van der Waals surface area (Å²) >= 11 is 3.18. The Morgan fingerprint density at radius 2 is 2.00 bits per heavy atom. The smallest absolute Gasteiger partial charge is 0.281 e. The molecule has 0 spiro atoms. The van der Waals surface area contributed by atoms with Crippen LogP contribution in [0.3, 0.4) is 0 Å². The second-order valence-corrected chi connectivity index (χ2v) is 5.21. The third-order valence-corrected chi connectivity index (χ3v) is 4.08. The molecule has 1 rings (SSSR count). The van der Waals surface area contributed by atoms with E-state index in [2.05, 4.69) is 4.72 Å². The van der Waals surface area contributed by atoms with Crippen LogP contribution in [-0.4, -0.2) is 28.4 Å². The highest BCUT2D eigenvalue weighted by atomic mass is 32.2. The maximum Gasteiger partial charge on any atom is 0.337 e. The molecule has 1 aliphatic heterocycles. The van der Waals surface area contributed by atoms with Crippen LogP contribution in [0.15, 0.2) is 0 Å². The number of amides is 2. The predicted octanol–water partition coefficient (Wildman–Crippen LogP) is 2.89. The fourth-order valence-corrected chi connectivity index (χ4v) is 2.90. The van der Waals surface area contributed by atoms with Gasteiger partial charge in [0, 0.05) is 18.1 Å². The summed E-state index contributed by atoms with van der Waals surface area (Å²) in [5, 5.41) is 0. The van der Waals surface area contributed by atoms with E-state index >= 15 is 0 Å². The molecular weight excluding hydrogens is 216 g/mol. The van der Waals surface area contributed by atoms with Gasteiger partial charge in [0.1, 0.15) is 0 Å². The number of rotatable bonds is 1. The molecule has 1 aliphatic rings. The van der Waals surface area contributed by atoms with Gasteiger partial charge in [-0.25, -0.2) is 4.79 Å². The lowest BCUT2D eigenvalue weighted by atomic mass is 10.2. The molecule has 3 nitrogen and oxygen atoms in total. The van der Waals surface area contributed by atoms with Crippen molar-refractivity contribution in [1.29, 1.82) is 0 Å². The standard InChI is InChI=1S/C9H18N2OS2/c1-2-11-9(12)10-13-7-5-3-4-6-8-14-11/h2-8H2,1H3,(H,10,12). The van der Waals surface area contributed by atoms with E-state index in [-0.39, 0.29) is 6.03 Å². The molecule has 0 unspecified atom stereocenters. The van der Waals surface area contributed by atoms with Crippen LogP contribution in [0.5, 0.6) is 0 Å². The van der Waals surface area contributed by atoms with E-state index in [1.54, 1.807) is 16.3 Å². The molecule has 1 N–H and O–H groups in total. The molecule has 0 saturated carbocycles. The molecule has 5 heteroatoms. The van der Waals surface area contributed by atoms with E-state index in [0.717, 1.165) is 18.1 Å². The van der Waals surface area contributed by atoms with Crippen molar-refractivity contribution in [2.24, 2.45) is 0 Å². The van der Waals surface area contributed by atoms with Gasteiger partial charge in [0.15, 0.2) is 0 Å². The second kappa shape index (κ2) is 7.29. The number of hydrogen-bond acceptors (Lipinski definition) is 3. The van der Waals surface area contributed by atoms with Crippen LogP contribution in [0.4, 0.5) is 4.79 Å². The summed E-state index contributed by atoms with van der Waals surface area (Å²) < 4.78 is 4.67. The van der Waals surface area contributed by atoms with Gasteiger partial charge < -0.3 is 0 Å². The first-order valence-corrected chi connectivity index (χ1v) is 7.09. The van der Waals surface area contributed by atoms with E-state index in [0.29, 0.717) is 0 Å². The van der Waals surface area contributed by atoms with Crippen LogP contribution in [0.2, 0.25) is 0 Å². The zero-order valence-corrected chi connectivity index (χ0v) is 10.3. The summed E-state index contributed by atoms with van der Waals surface area (Å²) in [4.78, 5) is 11.5. The van der Waals surface area contributed by atoms with Crippen molar-refractivity contribution >= 4 is 29.9 Å². The van der Waals surface area contributed by atoms with Gasteiger partial charge >= 0.3 is 6.03 Å². The highest BCUT2D eigenvalue weighted by Gasteiger charge is 2.12. The Kier molecular flexibility index (Phi) is 6.27. The second-order valence-electron chi connectivity index (χ2n) is 3.20. The van der Waals surface area contributed by atoms with E-state index in [1.807, 2.05) is 6.92 Å². The van der Waals surface area contributed by atoms with E-state index in [9.17, 15) is 4.79 Å². The number of hydrogen-bond donors (Lipinski definition) is 1. The monoisotopic (exact) mass is 234 g/mol.